The van der Waals surface area contributed by atoms with Crippen LogP contribution in [0.15, 0.2) is 23.8 Å². The number of aliphatic hydroxyl groups excluding tert-OH is 1. The number of carboxylic acid groups (broad SMARTS) is 1. The number of halogens is 2. The lowest BCUT2D eigenvalue weighted by atomic mass is 9.45. The highest BCUT2D eigenvalue weighted by Gasteiger charge is 2.73. The summed E-state index contributed by atoms with van der Waals surface area (Å²) < 4.78 is 42.9. The number of esters is 2. The van der Waals surface area contributed by atoms with E-state index in [4.69, 9.17) is 9.47 Å². The van der Waals surface area contributed by atoms with E-state index in [1.807, 2.05) is 0 Å². The quantitative estimate of drug-likeness (QED) is 0.118. The lowest BCUT2D eigenvalue weighted by molar-refractivity contribution is -0.757. The summed E-state index contributed by atoms with van der Waals surface area (Å²) in [4.78, 5) is 76.1. The van der Waals surface area contributed by atoms with E-state index in [0.29, 0.717) is 12.8 Å². The largest absolute Gasteiger partial charge is 0.478 e. The second kappa shape index (κ2) is 13.8. The Labute approximate surface area is 269 Å². The zero-order valence-corrected chi connectivity index (χ0v) is 26.5. The molecule has 260 valence electrons. The minimum atomic E-state index is -2.29. The molecule has 3 fully saturated rings. The number of alkyl halides is 2. The van der Waals surface area contributed by atoms with Crippen LogP contribution in [0, 0.1) is 44.6 Å². The Kier molecular flexibility index (Phi) is 10.6. The molecule has 4 rings (SSSR count). The van der Waals surface area contributed by atoms with E-state index in [1.165, 1.54) is 19.1 Å². The second-order valence-corrected chi connectivity index (χ2v) is 13.7. The van der Waals surface area contributed by atoms with Crippen LogP contribution in [-0.2, 0) is 38.3 Å². The van der Waals surface area contributed by atoms with Gasteiger partial charge in [-0.2, -0.15) is 0 Å². The molecule has 13 nitrogen and oxygen atoms in total. The van der Waals surface area contributed by atoms with Crippen molar-refractivity contribution in [1.82, 2.24) is 0 Å². The molecule has 4 aliphatic carbocycles. The number of allylic oxidation sites excluding steroid dienone is 4. The maximum Gasteiger partial charge on any atom is 0.345 e. The van der Waals surface area contributed by atoms with Crippen LogP contribution in [0.3, 0.4) is 0 Å². The highest BCUT2D eigenvalue weighted by Crippen LogP contribution is 2.70. The third-order valence-corrected chi connectivity index (χ3v) is 10.8. The molecule has 0 radical (unpaired) electrons. The van der Waals surface area contributed by atoms with Gasteiger partial charge in [0.2, 0.25) is 6.10 Å². The summed E-state index contributed by atoms with van der Waals surface area (Å²) in [5.74, 6) is -7.16. The molecule has 0 bridgehead atoms. The van der Waals surface area contributed by atoms with Crippen molar-refractivity contribution in [3.8, 4) is 0 Å². The van der Waals surface area contributed by atoms with E-state index in [9.17, 15) is 44.3 Å². The predicted molar refractivity (Wildman–Crippen MR) is 156 cm³/mol. The Balaban J connectivity index is 1.37. The van der Waals surface area contributed by atoms with Gasteiger partial charge in [-0.3, -0.25) is 19.2 Å². The Bertz CT molecular complexity index is 1370. The minimum Gasteiger partial charge on any atom is -0.478 e. The first kappa shape index (κ1) is 36.1. The molecule has 10 atom stereocenters. The van der Waals surface area contributed by atoms with Crippen molar-refractivity contribution in [1.29, 1.82) is 0 Å². The van der Waals surface area contributed by atoms with Crippen LogP contribution in [0.4, 0.5) is 8.78 Å². The smallest absolute Gasteiger partial charge is 0.345 e. The number of carbonyl (C=O) groups excluding carboxylic acids is 4. The highest BCUT2D eigenvalue weighted by atomic mass is 19.1. The van der Waals surface area contributed by atoms with Gasteiger partial charge in [0.1, 0.15) is 12.8 Å². The van der Waals surface area contributed by atoms with Gasteiger partial charge in [-0.05, 0) is 74.0 Å². The van der Waals surface area contributed by atoms with Gasteiger partial charge in [0.15, 0.2) is 17.2 Å². The maximum absolute atomic E-state index is 17.3. The molecular formula is C32H41F2NO12. The lowest BCUT2D eigenvalue weighted by Gasteiger charge is -2.62. The van der Waals surface area contributed by atoms with Crippen molar-refractivity contribution in [2.24, 2.45) is 34.5 Å². The number of aliphatic carboxylic acids is 1. The molecule has 0 aromatic heterocycles. The number of ether oxygens (including phenoxy) is 2. The summed E-state index contributed by atoms with van der Waals surface area (Å²) in [5, 5.41) is 30.0. The highest BCUT2D eigenvalue weighted by molar-refractivity contribution is 6.01. The molecule has 0 aromatic rings. The Morgan fingerprint density at radius 2 is 1.83 bits per heavy atom. The molecule has 0 saturated heterocycles. The predicted octanol–water partition coefficient (Wildman–Crippen LogP) is 3.43. The molecular weight excluding hydrogens is 628 g/mol. The number of hydrogen-bond acceptors (Lipinski definition) is 11. The third kappa shape index (κ3) is 6.81. The molecule has 15 heteroatoms. The summed E-state index contributed by atoms with van der Waals surface area (Å²) in [5.41, 5.74) is -4.81. The van der Waals surface area contributed by atoms with Crippen LogP contribution < -0.4 is 0 Å². The van der Waals surface area contributed by atoms with Crippen LogP contribution >= 0.6 is 0 Å². The van der Waals surface area contributed by atoms with Crippen LogP contribution in [0.1, 0.15) is 72.1 Å². The number of carboxylic acids is 1. The Morgan fingerprint density at radius 1 is 1.13 bits per heavy atom. The van der Waals surface area contributed by atoms with Crippen molar-refractivity contribution < 1.29 is 62.4 Å². The van der Waals surface area contributed by atoms with Crippen molar-refractivity contribution in [3.05, 3.63) is 33.9 Å². The number of aliphatic hydroxyl groups is 1. The van der Waals surface area contributed by atoms with E-state index >= 15 is 8.78 Å². The summed E-state index contributed by atoms with van der Waals surface area (Å²) in [6.45, 7) is 4.15. The fourth-order valence-electron chi connectivity index (χ4n) is 8.79. The average molecular weight is 670 g/mol. The molecule has 0 heterocycles. The van der Waals surface area contributed by atoms with Crippen LogP contribution in [-0.4, -0.2) is 82.0 Å². The minimum absolute atomic E-state index is 0.00244. The molecule has 47 heavy (non-hydrogen) atoms. The number of hydrogen-bond donors (Lipinski definition) is 2. The van der Waals surface area contributed by atoms with Gasteiger partial charge >= 0.3 is 17.9 Å². The number of carbonyl (C=O) groups is 5. The monoisotopic (exact) mass is 669 g/mol. The van der Waals surface area contributed by atoms with Gasteiger partial charge in [-0.15, -0.1) is 10.1 Å². The number of rotatable bonds is 14. The number of fused-ring (bicyclic) bond motifs is 5. The van der Waals surface area contributed by atoms with Crippen LogP contribution in [0.2, 0.25) is 0 Å². The van der Waals surface area contributed by atoms with Gasteiger partial charge in [-0.25, -0.2) is 13.6 Å². The maximum atomic E-state index is 17.3. The first-order chi connectivity index (χ1) is 21.9. The van der Waals surface area contributed by atoms with E-state index in [1.54, 1.807) is 13.8 Å². The normalized spacial score (nSPS) is 36.2. The molecule has 0 aliphatic heterocycles. The molecule has 7 unspecified atom stereocenters. The van der Waals surface area contributed by atoms with Crippen molar-refractivity contribution in [2.45, 2.75) is 96.2 Å². The van der Waals surface area contributed by atoms with Crippen molar-refractivity contribution in [2.75, 3.05) is 13.2 Å². The number of Topliss-reactive ketones (excluding diaryl/α,β-unsaturated/α-hetero) is 1. The standard InChI is InChI=1S/C32H41F2NO12/c1-17-11-19-20-13-22(33)21-12-18(36)8-9-31(21,3)32(20,34)25(38)15-30(19,2)28(17)23(37)16-45-27(40)14-24(29(41)42)47-26(39)7-5-4-6-10-46-35(43)44/h8-9,12,17,19-20,22,24-25,28,38H,4-7,10-11,13-16H2,1-3H3,(H,41,42)/t17-,19?,20?,22+,24?,25?,28?,30?,31?,32+/m1/s1. The van der Waals surface area contributed by atoms with E-state index in [0.717, 1.165) is 6.08 Å². The van der Waals surface area contributed by atoms with E-state index in [-0.39, 0.29) is 50.2 Å². The van der Waals surface area contributed by atoms with Gasteiger partial charge in [0, 0.05) is 23.7 Å². The third-order valence-electron chi connectivity index (χ3n) is 10.8. The summed E-state index contributed by atoms with van der Waals surface area (Å²) in [7, 11) is 0. The van der Waals surface area contributed by atoms with Crippen LogP contribution in [0.5, 0.6) is 0 Å². The molecule has 4 aliphatic rings. The van der Waals surface area contributed by atoms with Crippen molar-refractivity contribution in [3.63, 3.8) is 0 Å². The van der Waals surface area contributed by atoms with E-state index < -0.39 is 100 Å². The number of nitrogens with zero attached hydrogens (tertiary/aromatic N) is 1. The van der Waals surface area contributed by atoms with Gasteiger partial charge in [0.25, 0.3) is 5.09 Å². The average Bonchev–Trinajstić information content (AvgIpc) is 3.25. The summed E-state index contributed by atoms with van der Waals surface area (Å²) in [6, 6.07) is 0. The zero-order valence-electron chi connectivity index (χ0n) is 26.5. The topological polar surface area (TPSA) is 197 Å². The molecule has 3 saturated carbocycles. The lowest BCUT2D eigenvalue weighted by Crippen LogP contribution is -2.68. The van der Waals surface area contributed by atoms with Crippen molar-refractivity contribution >= 4 is 29.5 Å². The van der Waals surface area contributed by atoms with Crippen LogP contribution in [0.25, 0.3) is 0 Å². The first-order valence-corrected chi connectivity index (χ1v) is 15.8. The zero-order chi connectivity index (χ0) is 34.9. The second-order valence-electron chi connectivity index (χ2n) is 13.7. The summed E-state index contributed by atoms with van der Waals surface area (Å²) >= 11 is 0. The van der Waals surface area contributed by atoms with E-state index in [2.05, 4.69) is 4.84 Å². The van der Waals surface area contributed by atoms with Gasteiger partial charge < -0.3 is 24.5 Å². The SMILES string of the molecule is C[C@@H]1CC2C3C[C@H](F)C4=CC(=O)C=CC4(C)[C@@]3(F)C(O)CC2(C)C1C(=O)COC(=O)CC(OC(=O)CCCCCO[N+](=O)[O-])C(=O)O. The molecule has 0 spiro atoms. The number of unbranched alkanes of at least 4 members (excludes halogenated alkanes) is 2. The Hall–Kier alpha value is -3.75. The fraction of sp³-hybridized carbons (Fsp3) is 0.719. The van der Waals surface area contributed by atoms with Gasteiger partial charge in [-0.1, -0.05) is 26.3 Å². The Morgan fingerprint density at radius 3 is 2.49 bits per heavy atom. The fourth-order valence-corrected chi connectivity index (χ4v) is 8.79. The number of ketones is 2. The molecule has 0 amide bonds. The summed E-state index contributed by atoms with van der Waals surface area (Å²) in [6.07, 6.45) is -1.62. The molecule has 2 N–H and O–H groups in total. The molecule has 0 aromatic carbocycles. The first-order valence-electron chi connectivity index (χ1n) is 15.8. The van der Waals surface area contributed by atoms with Gasteiger partial charge in [0.05, 0.1) is 19.1 Å².